The van der Waals surface area contributed by atoms with Crippen LogP contribution in [-0.4, -0.2) is 45.9 Å². The van der Waals surface area contributed by atoms with Crippen LogP contribution in [-0.2, 0) is 13.1 Å². The highest BCUT2D eigenvalue weighted by Gasteiger charge is 2.37. The quantitative estimate of drug-likeness (QED) is 0.686. The standard InChI is InChI=1S/C19H29BrN4OSi/c1-19(2,26(3,4)25)8-5-11-23-12-13-24-16(14-23)17(20)18(22-24)15-6-9-21-10-7-15/h6-7,9-10,25H,5,8,11-14H2,1-4H3. The minimum absolute atomic E-state index is 0.0552. The van der Waals surface area contributed by atoms with E-state index >= 15 is 0 Å². The number of hydrogen-bond acceptors (Lipinski definition) is 4. The van der Waals surface area contributed by atoms with Gasteiger partial charge in [-0.15, -0.1) is 0 Å². The third-order valence-corrected chi connectivity index (χ3v) is 10.3. The Morgan fingerprint density at radius 1 is 1.23 bits per heavy atom. The maximum Gasteiger partial charge on any atom is 0.188 e. The molecule has 1 aliphatic heterocycles. The van der Waals surface area contributed by atoms with Gasteiger partial charge in [0.05, 0.1) is 16.7 Å². The van der Waals surface area contributed by atoms with Crippen molar-refractivity contribution in [1.82, 2.24) is 19.7 Å². The lowest BCUT2D eigenvalue weighted by Crippen LogP contribution is -2.40. The Morgan fingerprint density at radius 3 is 2.58 bits per heavy atom. The molecule has 0 unspecified atom stereocenters. The normalized spacial score (nSPS) is 15.9. The van der Waals surface area contributed by atoms with E-state index < -0.39 is 8.32 Å². The smallest absolute Gasteiger partial charge is 0.188 e. The molecule has 0 saturated heterocycles. The molecule has 0 spiro atoms. The lowest BCUT2D eigenvalue weighted by Gasteiger charge is -2.36. The van der Waals surface area contributed by atoms with E-state index in [0.29, 0.717) is 0 Å². The van der Waals surface area contributed by atoms with Gasteiger partial charge in [-0.1, -0.05) is 13.8 Å². The van der Waals surface area contributed by atoms with Crippen LogP contribution >= 0.6 is 15.9 Å². The van der Waals surface area contributed by atoms with E-state index in [1.54, 1.807) is 12.4 Å². The van der Waals surface area contributed by atoms with Gasteiger partial charge >= 0.3 is 0 Å². The molecule has 0 aromatic carbocycles. The molecule has 1 N–H and O–H groups in total. The van der Waals surface area contributed by atoms with Gasteiger partial charge in [-0.3, -0.25) is 14.6 Å². The summed E-state index contributed by atoms with van der Waals surface area (Å²) in [6.45, 7) is 12.4. The van der Waals surface area contributed by atoms with Crippen LogP contribution in [0.25, 0.3) is 11.3 Å². The van der Waals surface area contributed by atoms with Gasteiger partial charge in [0.25, 0.3) is 0 Å². The van der Waals surface area contributed by atoms with Gasteiger partial charge in [-0.2, -0.15) is 5.10 Å². The molecule has 0 bridgehead atoms. The Hall–Kier alpha value is -1.02. The summed E-state index contributed by atoms with van der Waals surface area (Å²) in [5, 5.41) is 4.85. The van der Waals surface area contributed by atoms with Crippen LogP contribution in [0.5, 0.6) is 0 Å². The first-order valence-electron chi connectivity index (χ1n) is 9.29. The lowest BCUT2D eigenvalue weighted by molar-refractivity contribution is 0.205. The molecule has 7 heteroatoms. The summed E-state index contributed by atoms with van der Waals surface area (Å²) in [5.74, 6) is 0. The maximum absolute atomic E-state index is 10.5. The van der Waals surface area contributed by atoms with Crippen molar-refractivity contribution in [1.29, 1.82) is 0 Å². The van der Waals surface area contributed by atoms with Gasteiger partial charge in [-0.05, 0) is 65.6 Å². The summed E-state index contributed by atoms with van der Waals surface area (Å²) >= 11 is 3.77. The Labute approximate surface area is 165 Å². The first-order valence-corrected chi connectivity index (χ1v) is 13.0. The summed E-state index contributed by atoms with van der Waals surface area (Å²) in [6.07, 6.45) is 5.80. The molecule has 2 aromatic rings. The zero-order valence-electron chi connectivity index (χ0n) is 16.2. The lowest BCUT2D eigenvalue weighted by atomic mass is 10.1. The van der Waals surface area contributed by atoms with Crippen LogP contribution in [0.3, 0.4) is 0 Å². The molecule has 3 rings (SSSR count). The highest BCUT2D eigenvalue weighted by molar-refractivity contribution is 9.10. The van der Waals surface area contributed by atoms with Gasteiger partial charge in [0.2, 0.25) is 0 Å². The topological polar surface area (TPSA) is 54.2 Å². The molecule has 0 radical (unpaired) electrons. The van der Waals surface area contributed by atoms with Gasteiger partial charge < -0.3 is 4.80 Å². The zero-order valence-corrected chi connectivity index (χ0v) is 18.8. The molecule has 2 aromatic heterocycles. The van der Waals surface area contributed by atoms with Crippen molar-refractivity contribution in [2.45, 2.75) is 57.9 Å². The average molecular weight is 437 g/mol. The SMILES string of the molecule is CC(C)(CCCN1CCn2nc(-c3ccncc3)c(Br)c2C1)[Si](C)(C)O. The van der Waals surface area contributed by atoms with Crippen molar-refractivity contribution in [3.05, 3.63) is 34.7 Å². The van der Waals surface area contributed by atoms with Crippen LogP contribution < -0.4 is 0 Å². The highest BCUT2D eigenvalue weighted by Crippen LogP contribution is 2.40. The van der Waals surface area contributed by atoms with E-state index in [4.69, 9.17) is 5.10 Å². The Morgan fingerprint density at radius 2 is 1.92 bits per heavy atom. The van der Waals surface area contributed by atoms with Crippen LogP contribution in [0.4, 0.5) is 0 Å². The molecule has 26 heavy (non-hydrogen) atoms. The largest absolute Gasteiger partial charge is 0.432 e. The summed E-state index contributed by atoms with van der Waals surface area (Å²) in [6, 6.07) is 4.00. The molecule has 3 heterocycles. The molecule has 0 fully saturated rings. The van der Waals surface area contributed by atoms with E-state index in [9.17, 15) is 4.80 Å². The number of rotatable bonds is 6. The number of halogens is 1. The van der Waals surface area contributed by atoms with Gasteiger partial charge in [0, 0.05) is 31.0 Å². The van der Waals surface area contributed by atoms with Crippen molar-refractivity contribution < 1.29 is 4.80 Å². The molecule has 0 aliphatic carbocycles. The second-order valence-corrected chi connectivity index (χ2v) is 13.7. The number of fused-ring (bicyclic) bond motifs is 1. The second-order valence-electron chi connectivity index (χ2n) is 8.39. The van der Waals surface area contributed by atoms with E-state index in [0.717, 1.165) is 54.8 Å². The van der Waals surface area contributed by atoms with Crippen molar-refractivity contribution in [2.75, 3.05) is 13.1 Å². The Balaban J connectivity index is 1.64. The van der Waals surface area contributed by atoms with E-state index in [-0.39, 0.29) is 5.04 Å². The third-order valence-electron chi connectivity index (χ3n) is 5.88. The van der Waals surface area contributed by atoms with Crippen molar-refractivity contribution in [3.8, 4) is 11.3 Å². The van der Waals surface area contributed by atoms with E-state index in [1.165, 1.54) is 5.69 Å². The second kappa shape index (κ2) is 7.54. The predicted octanol–water partition coefficient (Wildman–Crippen LogP) is 4.28. The minimum atomic E-state index is -2.12. The Bertz CT molecular complexity index is 755. The first-order chi connectivity index (χ1) is 12.2. The number of pyridine rings is 1. The molecular formula is C19H29BrN4OSi. The van der Waals surface area contributed by atoms with Crippen LogP contribution in [0.1, 0.15) is 32.4 Å². The van der Waals surface area contributed by atoms with Crippen molar-refractivity contribution in [3.63, 3.8) is 0 Å². The summed E-state index contributed by atoms with van der Waals surface area (Å²) in [7, 11) is -2.12. The number of aromatic nitrogens is 3. The summed E-state index contributed by atoms with van der Waals surface area (Å²) in [5.41, 5.74) is 3.34. The van der Waals surface area contributed by atoms with Crippen molar-refractivity contribution >= 4 is 24.2 Å². The van der Waals surface area contributed by atoms with Gasteiger partial charge in [-0.25, -0.2) is 0 Å². The molecule has 0 amide bonds. The number of hydrogen-bond donors (Lipinski definition) is 1. The maximum atomic E-state index is 10.5. The average Bonchev–Trinajstić information content (AvgIpc) is 2.91. The van der Waals surface area contributed by atoms with Gasteiger partial charge in [0.15, 0.2) is 8.32 Å². The monoisotopic (exact) mass is 436 g/mol. The molecule has 0 atom stereocenters. The molecule has 5 nitrogen and oxygen atoms in total. The highest BCUT2D eigenvalue weighted by atomic mass is 79.9. The molecule has 1 aliphatic rings. The predicted molar refractivity (Wildman–Crippen MR) is 111 cm³/mol. The minimum Gasteiger partial charge on any atom is -0.432 e. The van der Waals surface area contributed by atoms with Crippen molar-refractivity contribution in [2.24, 2.45) is 0 Å². The molecular weight excluding hydrogens is 408 g/mol. The van der Waals surface area contributed by atoms with E-state index in [2.05, 4.69) is 44.3 Å². The summed E-state index contributed by atoms with van der Waals surface area (Å²) in [4.78, 5) is 17.1. The zero-order chi connectivity index (χ0) is 18.9. The Kier molecular flexibility index (Phi) is 5.72. The third kappa shape index (κ3) is 4.11. The van der Waals surface area contributed by atoms with Gasteiger partial charge in [0.1, 0.15) is 5.69 Å². The summed E-state index contributed by atoms with van der Waals surface area (Å²) < 4.78 is 3.22. The fraction of sp³-hybridized carbons (Fsp3) is 0.579. The fourth-order valence-electron chi connectivity index (χ4n) is 3.27. The first kappa shape index (κ1) is 19.7. The van der Waals surface area contributed by atoms with Crippen LogP contribution in [0, 0.1) is 0 Å². The van der Waals surface area contributed by atoms with E-state index in [1.807, 2.05) is 25.2 Å². The molecule has 142 valence electrons. The number of nitrogens with zero attached hydrogens (tertiary/aromatic N) is 4. The van der Waals surface area contributed by atoms with Crippen LogP contribution in [0.2, 0.25) is 18.1 Å². The fourth-order valence-corrected chi connectivity index (χ4v) is 4.70. The van der Waals surface area contributed by atoms with Crippen LogP contribution in [0.15, 0.2) is 29.0 Å². The molecule has 0 saturated carbocycles.